The summed E-state index contributed by atoms with van der Waals surface area (Å²) >= 11 is 0. The van der Waals surface area contributed by atoms with Gasteiger partial charge in [0.25, 0.3) is 0 Å². The highest BCUT2D eigenvalue weighted by atomic mass is 16.5. The van der Waals surface area contributed by atoms with E-state index in [-0.39, 0.29) is 11.8 Å². The first kappa shape index (κ1) is 18.8. The second-order valence-electron chi connectivity index (χ2n) is 8.08. The lowest BCUT2D eigenvalue weighted by molar-refractivity contribution is -0.133. The highest BCUT2D eigenvalue weighted by Crippen LogP contribution is 2.26. The Hall–Kier alpha value is -1.51. The molecule has 8 heteroatoms. The Bertz CT molecular complexity index is 636. The van der Waals surface area contributed by atoms with Crippen LogP contribution in [0.1, 0.15) is 43.3 Å². The number of aromatic nitrogens is 3. The largest absolute Gasteiger partial charge is 0.379 e. The van der Waals surface area contributed by atoms with E-state index < -0.39 is 0 Å². The topological polar surface area (TPSA) is 66.7 Å². The van der Waals surface area contributed by atoms with E-state index in [4.69, 9.17) is 4.74 Å². The van der Waals surface area contributed by atoms with Gasteiger partial charge in [0.2, 0.25) is 5.91 Å². The third-order valence-electron chi connectivity index (χ3n) is 6.16. The fraction of sp³-hybridized carbons (Fsp3) is 0.842. The third kappa shape index (κ3) is 4.50. The van der Waals surface area contributed by atoms with Crippen LogP contribution in [0.2, 0.25) is 0 Å². The molecule has 3 saturated heterocycles. The summed E-state index contributed by atoms with van der Waals surface area (Å²) in [6.45, 7) is 8.66. The number of amides is 1. The molecule has 1 unspecified atom stereocenters. The molecule has 0 spiro atoms. The fourth-order valence-electron chi connectivity index (χ4n) is 4.47. The van der Waals surface area contributed by atoms with E-state index in [0.29, 0.717) is 6.54 Å². The summed E-state index contributed by atoms with van der Waals surface area (Å²) in [5, 5.41) is 8.97. The molecule has 1 amide bonds. The predicted molar refractivity (Wildman–Crippen MR) is 101 cm³/mol. The highest BCUT2D eigenvalue weighted by molar-refractivity contribution is 5.78. The number of hydrogen-bond donors (Lipinski definition) is 0. The van der Waals surface area contributed by atoms with E-state index in [9.17, 15) is 4.79 Å². The first-order valence-corrected chi connectivity index (χ1v) is 10.4. The molecule has 0 aromatic carbocycles. The molecule has 0 N–H and O–H groups in total. The van der Waals surface area contributed by atoms with Crippen molar-refractivity contribution in [2.75, 3.05) is 59.0 Å². The van der Waals surface area contributed by atoms with Gasteiger partial charge in [0.15, 0.2) is 0 Å². The van der Waals surface area contributed by atoms with E-state index in [1.807, 2.05) is 4.90 Å². The van der Waals surface area contributed by atoms with Crippen LogP contribution in [-0.2, 0) is 23.1 Å². The lowest BCUT2D eigenvalue weighted by Crippen LogP contribution is -2.44. The van der Waals surface area contributed by atoms with Crippen LogP contribution in [0.25, 0.3) is 0 Å². The van der Waals surface area contributed by atoms with Gasteiger partial charge in [-0.25, -0.2) is 0 Å². The number of hydrogen-bond acceptors (Lipinski definition) is 6. The van der Waals surface area contributed by atoms with Gasteiger partial charge in [-0.1, -0.05) is 0 Å². The minimum Gasteiger partial charge on any atom is -0.379 e. The quantitative estimate of drug-likeness (QED) is 0.743. The first-order valence-electron chi connectivity index (χ1n) is 10.4. The summed E-state index contributed by atoms with van der Waals surface area (Å²) < 4.78 is 7.57. The standard InChI is InChI=1S/C19H32N6O2/c1-22-17(14-24-9-11-27-12-10-24)20-21-19(22)16-5-4-8-25(13-16)18(26)15-23-6-2-3-7-23/h16H,2-15H2,1H3. The molecule has 4 rings (SSSR count). The number of rotatable bonds is 5. The molecule has 0 radical (unpaired) electrons. The SMILES string of the molecule is Cn1c(CN2CCOCC2)nnc1C1CCCN(C(=O)CN2CCCC2)C1. The number of carbonyl (C=O) groups excluding carboxylic acids is 1. The molecular formula is C19H32N6O2. The molecule has 150 valence electrons. The van der Waals surface area contributed by atoms with Crippen molar-refractivity contribution in [2.24, 2.45) is 7.05 Å². The smallest absolute Gasteiger partial charge is 0.236 e. The van der Waals surface area contributed by atoms with Crippen LogP contribution >= 0.6 is 0 Å². The van der Waals surface area contributed by atoms with Gasteiger partial charge in [-0.3, -0.25) is 14.6 Å². The molecule has 1 atom stereocenters. The number of ether oxygens (including phenoxy) is 1. The second-order valence-corrected chi connectivity index (χ2v) is 8.08. The summed E-state index contributed by atoms with van der Waals surface area (Å²) in [5.41, 5.74) is 0. The van der Waals surface area contributed by atoms with Gasteiger partial charge < -0.3 is 14.2 Å². The summed E-state index contributed by atoms with van der Waals surface area (Å²) in [6, 6.07) is 0. The Morgan fingerprint density at radius 2 is 1.81 bits per heavy atom. The Labute approximate surface area is 161 Å². The summed E-state index contributed by atoms with van der Waals surface area (Å²) in [6.07, 6.45) is 4.57. The summed E-state index contributed by atoms with van der Waals surface area (Å²) in [4.78, 5) is 19.4. The van der Waals surface area contributed by atoms with Crippen LogP contribution in [0, 0.1) is 0 Å². The molecule has 3 fully saturated rings. The molecule has 27 heavy (non-hydrogen) atoms. The maximum atomic E-state index is 12.7. The van der Waals surface area contributed by atoms with Gasteiger partial charge in [0.1, 0.15) is 11.6 Å². The lowest BCUT2D eigenvalue weighted by Gasteiger charge is -2.33. The number of carbonyl (C=O) groups is 1. The van der Waals surface area contributed by atoms with Gasteiger partial charge in [0, 0.05) is 39.1 Å². The molecule has 8 nitrogen and oxygen atoms in total. The summed E-state index contributed by atoms with van der Waals surface area (Å²) in [5.74, 6) is 2.60. The predicted octanol–water partition coefficient (Wildman–Crippen LogP) is 0.449. The third-order valence-corrected chi connectivity index (χ3v) is 6.16. The zero-order chi connectivity index (χ0) is 18.6. The summed E-state index contributed by atoms with van der Waals surface area (Å²) in [7, 11) is 2.07. The highest BCUT2D eigenvalue weighted by Gasteiger charge is 2.29. The normalized spacial score (nSPS) is 25.2. The zero-order valence-corrected chi connectivity index (χ0v) is 16.5. The van der Waals surface area contributed by atoms with Crippen molar-refractivity contribution in [1.82, 2.24) is 29.5 Å². The first-order chi connectivity index (χ1) is 13.2. The van der Waals surface area contributed by atoms with Crippen molar-refractivity contribution in [3.8, 4) is 0 Å². The van der Waals surface area contributed by atoms with E-state index in [1.54, 1.807) is 0 Å². The van der Waals surface area contributed by atoms with E-state index in [1.165, 1.54) is 12.8 Å². The average molecular weight is 377 g/mol. The van der Waals surface area contributed by atoms with Crippen molar-refractivity contribution >= 4 is 5.91 Å². The van der Waals surface area contributed by atoms with Crippen LogP contribution in [0.4, 0.5) is 0 Å². The molecule has 0 bridgehead atoms. The van der Waals surface area contributed by atoms with Gasteiger partial charge in [-0.2, -0.15) is 0 Å². The fourth-order valence-corrected chi connectivity index (χ4v) is 4.47. The zero-order valence-electron chi connectivity index (χ0n) is 16.5. The minimum atomic E-state index is 0.275. The molecule has 0 saturated carbocycles. The number of piperidine rings is 1. The van der Waals surface area contributed by atoms with Gasteiger partial charge in [-0.05, 0) is 38.8 Å². The minimum absolute atomic E-state index is 0.275. The number of nitrogens with zero attached hydrogens (tertiary/aromatic N) is 6. The van der Waals surface area contributed by atoms with Gasteiger partial charge >= 0.3 is 0 Å². The van der Waals surface area contributed by atoms with Crippen molar-refractivity contribution in [2.45, 2.75) is 38.1 Å². The maximum Gasteiger partial charge on any atom is 0.236 e. The van der Waals surface area contributed by atoms with Gasteiger partial charge in [0.05, 0.1) is 26.3 Å². The Kier molecular flexibility index (Phi) is 6.04. The van der Waals surface area contributed by atoms with E-state index in [2.05, 4.69) is 31.6 Å². The second kappa shape index (κ2) is 8.67. The molecule has 0 aliphatic carbocycles. The van der Waals surface area contributed by atoms with Gasteiger partial charge in [-0.15, -0.1) is 10.2 Å². The Morgan fingerprint density at radius 3 is 2.59 bits per heavy atom. The van der Waals surface area contributed by atoms with Crippen molar-refractivity contribution in [3.05, 3.63) is 11.6 Å². The maximum absolute atomic E-state index is 12.7. The molecule has 3 aliphatic heterocycles. The monoisotopic (exact) mass is 376 g/mol. The van der Waals surface area contributed by atoms with E-state index >= 15 is 0 Å². The van der Waals surface area contributed by atoms with Crippen molar-refractivity contribution in [1.29, 1.82) is 0 Å². The Morgan fingerprint density at radius 1 is 1.04 bits per heavy atom. The van der Waals surface area contributed by atoms with Crippen molar-refractivity contribution < 1.29 is 9.53 Å². The average Bonchev–Trinajstić information content (AvgIpc) is 3.33. The molecule has 4 heterocycles. The molecule has 1 aromatic heterocycles. The molecular weight excluding hydrogens is 344 g/mol. The Balaban J connectivity index is 1.36. The van der Waals surface area contributed by atoms with Crippen LogP contribution in [-0.4, -0.2) is 94.4 Å². The lowest BCUT2D eigenvalue weighted by atomic mass is 9.97. The van der Waals surface area contributed by atoms with Crippen LogP contribution in [0.15, 0.2) is 0 Å². The number of morpholine rings is 1. The van der Waals surface area contributed by atoms with Crippen LogP contribution in [0.5, 0.6) is 0 Å². The van der Waals surface area contributed by atoms with Crippen LogP contribution < -0.4 is 0 Å². The molecule has 3 aliphatic rings. The number of likely N-dealkylation sites (tertiary alicyclic amines) is 2. The van der Waals surface area contributed by atoms with Crippen LogP contribution in [0.3, 0.4) is 0 Å². The van der Waals surface area contributed by atoms with E-state index in [0.717, 1.165) is 83.5 Å². The van der Waals surface area contributed by atoms with Crippen molar-refractivity contribution in [3.63, 3.8) is 0 Å². The molecule has 1 aromatic rings.